The van der Waals surface area contributed by atoms with Crippen molar-refractivity contribution in [1.82, 2.24) is 10.2 Å². The molecule has 1 aliphatic rings. The van der Waals surface area contributed by atoms with Crippen LogP contribution in [-0.2, 0) is 11.3 Å². The Labute approximate surface area is 231 Å². The Hall–Kier alpha value is -3.76. The van der Waals surface area contributed by atoms with Crippen LogP contribution in [0.15, 0.2) is 48.5 Å². The van der Waals surface area contributed by atoms with E-state index in [4.69, 9.17) is 5.11 Å². The van der Waals surface area contributed by atoms with Gasteiger partial charge in [-0.25, -0.2) is 4.79 Å². The quantitative estimate of drug-likeness (QED) is 0.326. The highest BCUT2D eigenvalue weighted by molar-refractivity contribution is 5.94. The Balaban J connectivity index is 1.72. The molecule has 8 nitrogen and oxygen atoms in total. The monoisotopic (exact) mass is 563 g/mol. The predicted molar refractivity (Wildman–Crippen MR) is 144 cm³/mol. The molecule has 1 saturated carbocycles. The van der Waals surface area contributed by atoms with E-state index in [-0.39, 0.29) is 48.7 Å². The fraction of sp³-hybridized carbons (Fsp3) is 0.483. The van der Waals surface area contributed by atoms with Crippen LogP contribution in [0.5, 0.6) is 5.75 Å². The summed E-state index contributed by atoms with van der Waals surface area (Å²) in [5, 5.41) is 14.1. The maximum Gasteiger partial charge on any atom is 0.573 e. The molecule has 1 fully saturated rings. The van der Waals surface area contributed by atoms with Gasteiger partial charge in [-0.3, -0.25) is 9.59 Å². The molecule has 0 saturated heterocycles. The van der Waals surface area contributed by atoms with Gasteiger partial charge in [0.05, 0.1) is 6.42 Å². The number of nitrogens with zero attached hydrogens (tertiary/aromatic N) is 1. The number of carbonyl (C=O) groups is 3. The molecule has 2 aromatic carbocycles. The third-order valence-corrected chi connectivity index (χ3v) is 7.16. The maximum absolute atomic E-state index is 13.4. The van der Waals surface area contributed by atoms with Crippen LogP contribution in [0, 0.1) is 11.3 Å². The molecule has 0 radical (unpaired) electrons. The second kappa shape index (κ2) is 13.1. The number of carbonyl (C=O) groups excluding carboxylic acids is 2. The summed E-state index contributed by atoms with van der Waals surface area (Å²) in [6, 6.07) is 11.3. The van der Waals surface area contributed by atoms with Crippen molar-refractivity contribution in [2.24, 2.45) is 11.3 Å². The lowest BCUT2D eigenvalue weighted by molar-refractivity contribution is -0.274. The van der Waals surface area contributed by atoms with Crippen molar-refractivity contribution in [3.8, 4) is 5.75 Å². The number of ether oxygens (including phenoxy) is 1. The molecular weight excluding hydrogens is 527 g/mol. The summed E-state index contributed by atoms with van der Waals surface area (Å²) < 4.78 is 41.3. The molecule has 0 spiro atoms. The van der Waals surface area contributed by atoms with E-state index < -0.39 is 12.3 Å². The first-order valence-corrected chi connectivity index (χ1v) is 13.2. The lowest BCUT2D eigenvalue weighted by atomic mass is 9.71. The van der Waals surface area contributed by atoms with Crippen molar-refractivity contribution in [2.45, 2.75) is 71.8 Å². The van der Waals surface area contributed by atoms with Gasteiger partial charge < -0.3 is 25.4 Å². The average molecular weight is 564 g/mol. The highest BCUT2D eigenvalue weighted by Crippen LogP contribution is 2.39. The zero-order chi connectivity index (χ0) is 29.5. The number of urea groups is 1. The number of halogens is 3. The van der Waals surface area contributed by atoms with E-state index in [1.165, 1.54) is 12.1 Å². The van der Waals surface area contributed by atoms with Crippen molar-refractivity contribution in [3.63, 3.8) is 0 Å². The zero-order valence-electron chi connectivity index (χ0n) is 22.9. The molecule has 0 atom stereocenters. The molecule has 3 amide bonds. The second-order valence-corrected chi connectivity index (χ2v) is 11.1. The Kier molecular flexibility index (Phi) is 10.1. The lowest BCUT2D eigenvalue weighted by Gasteiger charge is -2.41. The molecular formula is C29H36F3N3O5. The summed E-state index contributed by atoms with van der Waals surface area (Å²) in [7, 11) is 0. The van der Waals surface area contributed by atoms with Crippen LogP contribution in [0.1, 0.15) is 68.8 Å². The summed E-state index contributed by atoms with van der Waals surface area (Å²) in [4.78, 5) is 38.1. The van der Waals surface area contributed by atoms with Crippen LogP contribution in [0.4, 0.5) is 23.7 Å². The first kappa shape index (κ1) is 30.8. The molecule has 0 bridgehead atoms. The zero-order valence-corrected chi connectivity index (χ0v) is 22.9. The van der Waals surface area contributed by atoms with E-state index in [0.717, 1.165) is 43.4 Å². The van der Waals surface area contributed by atoms with Crippen molar-refractivity contribution in [2.75, 3.05) is 11.9 Å². The number of alkyl halides is 3. The molecule has 3 N–H and O–H groups in total. The largest absolute Gasteiger partial charge is 0.573 e. The average Bonchev–Trinajstić information content (AvgIpc) is 2.87. The van der Waals surface area contributed by atoms with Crippen molar-refractivity contribution < 1.29 is 37.4 Å². The number of hydrogen-bond acceptors (Lipinski definition) is 4. The minimum Gasteiger partial charge on any atom is -0.481 e. The summed E-state index contributed by atoms with van der Waals surface area (Å²) >= 11 is 0. The number of rotatable bonds is 9. The van der Waals surface area contributed by atoms with E-state index in [1.807, 2.05) is 0 Å². The topological polar surface area (TPSA) is 108 Å². The van der Waals surface area contributed by atoms with Crippen LogP contribution >= 0.6 is 0 Å². The van der Waals surface area contributed by atoms with Gasteiger partial charge in [0.1, 0.15) is 5.75 Å². The second-order valence-electron chi connectivity index (χ2n) is 11.1. The van der Waals surface area contributed by atoms with E-state index in [0.29, 0.717) is 17.2 Å². The fourth-order valence-corrected chi connectivity index (χ4v) is 4.90. The van der Waals surface area contributed by atoms with Crippen LogP contribution in [-0.4, -0.2) is 46.9 Å². The number of carboxylic acid groups (broad SMARTS) is 1. The van der Waals surface area contributed by atoms with Gasteiger partial charge in [0, 0.05) is 30.4 Å². The molecule has 0 aliphatic heterocycles. The van der Waals surface area contributed by atoms with Crippen molar-refractivity contribution in [1.29, 1.82) is 0 Å². The molecule has 11 heteroatoms. The van der Waals surface area contributed by atoms with Gasteiger partial charge in [-0.05, 0) is 79.0 Å². The Morgan fingerprint density at radius 3 is 2.08 bits per heavy atom. The minimum atomic E-state index is -4.80. The highest BCUT2D eigenvalue weighted by Gasteiger charge is 2.34. The van der Waals surface area contributed by atoms with Crippen molar-refractivity contribution in [3.05, 3.63) is 59.7 Å². The number of nitrogens with one attached hydrogen (secondary N) is 2. The van der Waals surface area contributed by atoms with E-state index in [9.17, 15) is 27.6 Å². The predicted octanol–water partition coefficient (Wildman–Crippen LogP) is 6.43. The minimum absolute atomic E-state index is 0.0183. The van der Waals surface area contributed by atoms with Crippen molar-refractivity contribution >= 4 is 23.6 Å². The number of benzene rings is 2. The van der Waals surface area contributed by atoms with Crippen LogP contribution in [0.2, 0.25) is 0 Å². The molecule has 218 valence electrons. The molecule has 1 aliphatic carbocycles. The van der Waals surface area contributed by atoms with Gasteiger partial charge in [0.15, 0.2) is 0 Å². The van der Waals surface area contributed by atoms with Gasteiger partial charge in [0.2, 0.25) is 0 Å². The first-order chi connectivity index (χ1) is 18.7. The summed E-state index contributed by atoms with van der Waals surface area (Å²) in [5.74, 6) is -1.24. The van der Waals surface area contributed by atoms with Gasteiger partial charge in [0.25, 0.3) is 5.91 Å². The SMILES string of the molecule is CC(C)(C)[C@H]1CC[C@@H](N(Cc2ccc(C(=O)NCCC(=O)O)cc2)C(=O)Nc2ccc(OC(F)(F)F)cc2)CC1. The van der Waals surface area contributed by atoms with Crippen LogP contribution in [0.25, 0.3) is 0 Å². The standard InChI is InChI=1S/C29H36F3N3O5/c1-28(2,3)21-8-12-23(13-9-21)35(27(39)34-22-10-14-24(15-11-22)40-29(30,31)32)18-19-4-6-20(7-5-19)26(38)33-17-16-25(36)37/h4-7,10-11,14-15,21,23H,8-9,12-13,16-18H2,1-3H3,(H,33,38)(H,34,39)(H,36,37)/t21-,23+. The molecule has 40 heavy (non-hydrogen) atoms. The van der Waals surface area contributed by atoms with Gasteiger partial charge in [-0.15, -0.1) is 13.2 Å². The third-order valence-electron chi connectivity index (χ3n) is 7.16. The lowest BCUT2D eigenvalue weighted by Crippen LogP contribution is -2.45. The Morgan fingerprint density at radius 2 is 1.55 bits per heavy atom. The smallest absolute Gasteiger partial charge is 0.481 e. The van der Waals surface area contributed by atoms with Gasteiger partial charge in [-0.1, -0.05) is 32.9 Å². The third kappa shape index (κ3) is 9.46. The number of amides is 3. The van der Waals surface area contributed by atoms with Gasteiger partial charge >= 0.3 is 18.4 Å². The van der Waals surface area contributed by atoms with E-state index in [2.05, 4.69) is 36.1 Å². The number of aliphatic carboxylic acids is 1. The molecule has 2 aromatic rings. The summed E-state index contributed by atoms with van der Waals surface area (Å²) in [6.07, 6.45) is -1.41. The van der Waals surface area contributed by atoms with Gasteiger partial charge in [-0.2, -0.15) is 0 Å². The molecule has 0 heterocycles. The number of hydrogen-bond donors (Lipinski definition) is 3. The summed E-state index contributed by atoms with van der Waals surface area (Å²) in [6.45, 7) is 6.94. The van der Waals surface area contributed by atoms with E-state index >= 15 is 0 Å². The molecule has 0 aromatic heterocycles. The summed E-state index contributed by atoms with van der Waals surface area (Å²) in [5.41, 5.74) is 1.67. The Morgan fingerprint density at radius 1 is 0.950 bits per heavy atom. The number of carboxylic acids is 1. The fourth-order valence-electron chi connectivity index (χ4n) is 4.90. The highest BCUT2D eigenvalue weighted by atomic mass is 19.4. The molecule has 0 unspecified atom stereocenters. The molecule has 3 rings (SSSR count). The van der Waals surface area contributed by atoms with E-state index in [1.54, 1.807) is 29.2 Å². The number of anilines is 1. The first-order valence-electron chi connectivity index (χ1n) is 13.2. The maximum atomic E-state index is 13.4. The van der Waals surface area contributed by atoms with Crippen LogP contribution in [0.3, 0.4) is 0 Å². The van der Waals surface area contributed by atoms with Crippen LogP contribution < -0.4 is 15.4 Å². The Bertz CT molecular complexity index is 1150. The normalized spacial score (nSPS) is 17.6.